The predicted molar refractivity (Wildman–Crippen MR) is 110 cm³/mol. The van der Waals surface area contributed by atoms with Crippen molar-refractivity contribution in [2.45, 2.75) is 46.1 Å². The second-order valence-corrected chi connectivity index (χ2v) is 9.29. The Morgan fingerprint density at radius 1 is 1.28 bits per heavy atom. The van der Waals surface area contributed by atoms with Gasteiger partial charge in [-0.3, -0.25) is 4.79 Å². The van der Waals surface area contributed by atoms with E-state index in [0.29, 0.717) is 34.0 Å². The highest BCUT2D eigenvalue weighted by Gasteiger charge is 2.61. The van der Waals surface area contributed by atoms with Gasteiger partial charge in [0.05, 0.1) is 11.1 Å². The molecule has 2 fully saturated rings. The average molecular weight is 392 g/mol. The number of hydrogen-bond acceptors (Lipinski definition) is 3. The van der Waals surface area contributed by atoms with E-state index in [1.165, 1.54) is 18.6 Å². The number of aromatic amines is 1. The molecule has 2 aliphatic carbocycles. The van der Waals surface area contributed by atoms with E-state index in [0.717, 1.165) is 12.8 Å². The van der Waals surface area contributed by atoms with Crippen molar-refractivity contribution in [1.29, 1.82) is 0 Å². The van der Waals surface area contributed by atoms with Gasteiger partial charge < -0.3 is 10.3 Å². The SMILES string of the molecule is CC1(C)C2CCC1(C)C(NC(=O)c1ccnc3nc(-c4cccc(F)c4)[nH]c13)C2. The molecule has 29 heavy (non-hydrogen) atoms. The minimum absolute atomic E-state index is 0.110. The molecule has 5 rings (SSSR count). The van der Waals surface area contributed by atoms with Crippen molar-refractivity contribution in [3.05, 3.63) is 47.9 Å². The molecule has 3 atom stereocenters. The second-order valence-electron chi connectivity index (χ2n) is 9.29. The maximum Gasteiger partial charge on any atom is 0.253 e. The van der Waals surface area contributed by atoms with Crippen LogP contribution in [-0.4, -0.2) is 26.9 Å². The van der Waals surface area contributed by atoms with Gasteiger partial charge in [-0.05, 0) is 54.2 Å². The summed E-state index contributed by atoms with van der Waals surface area (Å²) in [5, 5.41) is 3.30. The first-order valence-electron chi connectivity index (χ1n) is 10.2. The third-order valence-corrected chi connectivity index (χ3v) is 7.83. The standard InChI is InChI=1S/C23H25FN4O/c1-22(2)14-7-9-23(22,3)17(12-14)26-21(29)16-8-10-25-20-18(16)27-19(28-20)13-5-4-6-15(24)11-13/h4-6,8,10-11,14,17H,7,9,12H2,1-3H3,(H,26,29)(H,25,27,28). The molecule has 2 aliphatic rings. The fraction of sp³-hybridized carbons (Fsp3) is 0.435. The number of fused-ring (bicyclic) bond motifs is 3. The molecule has 2 aromatic heterocycles. The summed E-state index contributed by atoms with van der Waals surface area (Å²) >= 11 is 0. The van der Waals surface area contributed by atoms with E-state index >= 15 is 0 Å². The van der Waals surface area contributed by atoms with E-state index in [2.05, 4.69) is 41.0 Å². The van der Waals surface area contributed by atoms with Gasteiger partial charge >= 0.3 is 0 Å². The first-order chi connectivity index (χ1) is 13.8. The lowest BCUT2D eigenvalue weighted by Crippen LogP contribution is -2.46. The number of carbonyl (C=O) groups is 1. The summed E-state index contributed by atoms with van der Waals surface area (Å²) in [4.78, 5) is 25.1. The van der Waals surface area contributed by atoms with Gasteiger partial charge in [-0.1, -0.05) is 32.9 Å². The van der Waals surface area contributed by atoms with Crippen LogP contribution in [0.25, 0.3) is 22.6 Å². The van der Waals surface area contributed by atoms with Gasteiger partial charge in [0.25, 0.3) is 5.91 Å². The Morgan fingerprint density at radius 2 is 2.10 bits per heavy atom. The highest BCUT2D eigenvalue weighted by atomic mass is 19.1. The summed E-state index contributed by atoms with van der Waals surface area (Å²) in [6, 6.07) is 8.09. The zero-order valence-electron chi connectivity index (χ0n) is 16.9. The second kappa shape index (κ2) is 6.12. The molecule has 6 heteroatoms. The molecule has 2 saturated carbocycles. The Bertz CT molecular complexity index is 1120. The number of imidazole rings is 1. The minimum atomic E-state index is -0.332. The molecule has 3 unspecified atom stereocenters. The maximum atomic E-state index is 13.6. The number of carbonyl (C=O) groups excluding carboxylic acids is 1. The Labute approximate surface area is 169 Å². The molecular formula is C23H25FN4O. The Kier molecular flexibility index (Phi) is 3.86. The number of halogens is 1. The lowest BCUT2D eigenvalue weighted by atomic mass is 9.69. The number of amides is 1. The number of nitrogens with zero attached hydrogens (tertiary/aromatic N) is 2. The number of hydrogen-bond donors (Lipinski definition) is 2. The third kappa shape index (κ3) is 2.61. The van der Waals surface area contributed by atoms with Gasteiger partial charge in [0, 0.05) is 17.8 Å². The van der Waals surface area contributed by atoms with E-state index < -0.39 is 0 Å². The van der Waals surface area contributed by atoms with Crippen molar-refractivity contribution in [3.8, 4) is 11.4 Å². The molecule has 2 heterocycles. The fourth-order valence-electron chi connectivity index (χ4n) is 5.53. The van der Waals surface area contributed by atoms with E-state index in [4.69, 9.17) is 0 Å². The Hall–Kier alpha value is -2.76. The van der Waals surface area contributed by atoms with Gasteiger partial charge in [-0.15, -0.1) is 0 Å². The number of rotatable bonds is 3. The number of benzene rings is 1. The molecule has 2 bridgehead atoms. The van der Waals surface area contributed by atoms with Gasteiger partial charge in [0.15, 0.2) is 5.65 Å². The van der Waals surface area contributed by atoms with Crippen molar-refractivity contribution in [3.63, 3.8) is 0 Å². The van der Waals surface area contributed by atoms with Crippen LogP contribution in [0.1, 0.15) is 50.4 Å². The molecule has 0 saturated heterocycles. The lowest BCUT2D eigenvalue weighted by molar-refractivity contribution is 0.0827. The summed E-state index contributed by atoms with van der Waals surface area (Å²) in [5.41, 5.74) is 2.52. The molecule has 3 aromatic rings. The predicted octanol–water partition coefficient (Wildman–Crippen LogP) is 4.71. The highest BCUT2D eigenvalue weighted by Crippen LogP contribution is 2.65. The van der Waals surface area contributed by atoms with Crippen molar-refractivity contribution in [1.82, 2.24) is 20.3 Å². The van der Waals surface area contributed by atoms with E-state index in [-0.39, 0.29) is 28.6 Å². The molecule has 1 amide bonds. The Balaban J connectivity index is 1.47. The minimum Gasteiger partial charge on any atom is -0.349 e. The van der Waals surface area contributed by atoms with Crippen molar-refractivity contribution in [2.24, 2.45) is 16.7 Å². The van der Waals surface area contributed by atoms with Crippen LogP contribution in [0.4, 0.5) is 4.39 Å². The lowest BCUT2D eigenvalue weighted by Gasteiger charge is -2.39. The summed E-state index contributed by atoms with van der Waals surface area (Å²) in [6.07, 6.45) is 5.02. The third-order valence-electron chi connectivity index (χ3n) is 7.83. The van der Waals surface area contributed by atoms with Gasteiger partial charge in [-0.2, -0.15) is 0 Å². The number of H-pyrrole nitrogens is 1. The van der Waals surface area contributed by atoms with Gasteiger partial charge in [-0.25, -0.2) is 14.4 Å². The molecule has 2 N–H and O–H groups in total. The number of pyridine rings is 1. The zero-order chi connectivity index (χ0) is 20.4. The first kappa shape index (κ1) is 18.3. The molecular weight excluding hydrogens is 367 g/mol. The largest absolute Gasteiger partial charge is 0.349 e. The van der Waals surface area contributed by atoms with Crippen molar-refractivity contribution < 1.29 is 9.18 Å². The highest BCUT2D eigenvalue weighted by molar-refractivity contribution is 6.04. The summed E-state index contributed by atoms with van der Waals surface area (Å²) in [5.74, 6) is 0.713. The van der Waals surface area contributed by atoms with Crippen LogP contribution >= 0.6 is 0 Å². The normalized spacial score (nSPS) is 27.4. The maximum absolute atomic E-state index is 13.6. The monoisotopic (exact) mass is 392 g/mol. The van der Waals surface area contributed by atoms with Crippen LogP contribution in [0.3, 0.4) is 0 Å². The molecule has 0 aliphatic heterocycles. The first-order valence-corrected chi connectivity index (χ1v) is 10.2. The van der Waals surface area contributed by atoms with E-state index in [1.807, 2.05) is 0 Å². The van der Waals surface area contributed by atoms with E-state index in [9.17, 15) is 9.18 Å². The van der Waals surface area contributed by atoms with Gasteiger partial charge in [0.1, 0.15) is 11.6 Å². The van der Waals surface area contributed by atoms with E-state index in [1.54, 1.807) is 24.4 Å². The quantitative estimate of drug-likeness (QED) is 0.678. The topological polar surface area (TPSA) is 70.7 Å². The van der Waals surface area contributed by atoms with Crippen LogP contribution in [-0.2, 0) is 0 Å². The molecule has 0 radical (unpaired) electrons. The van der Waals surface area contributed by atoms with Crippen LogP contribution in [0.5, 0.6) is 0 Å². The summed E-state index contributed by atoms with van der Waals surface area (Å²) in [7, 11) is 0. The molecule has 0 spiro atoms. The molecule has 150 valence electrons. The number of nitrogens with one attached hydrogen (secondary N) is 2. The molecule has 1 aromatic carbocycles. The zero-order valence-corrected chi connectivity index (χ0v) is 16.9. The number of aromatic nitrogens is 3. The fourth-order valence-corrected chi connectivity index (χ4v) is 5.53. The molecule has 5 nitrogen and oxygen atoms in total. The summed E-state index contributed by atoms with van der Waals surface area (Å²) in [6.45, 7) is 6.98. The van der Waals surface area contributed by atoms with Crippen LogP contribution < -0.4 is 5.32 Å². The van der Waals surface area contributed by atoms with Crippen molar-refractivity contribution in [2.75, 3.05) is 0 Å². The Morgan fingerprint density at radius 3 is 2.79 bits per heavy atom. The van der Waals surface area contributed by atoms with Gasteiger partial charge in [0.2, 0.25) is 0 Å². The van der Waals surface area contributed by atoms with Crippen LogP contribution in [0.2, 0.25) is 0 Å². The van der Waals surface area contributed by atoms with Crippen LogP contribution in [0, 0.1) is 22.6 Å². The van der Waals surface area contributed by atoms with Crippen LogP contribution in [0.15, 0.2) is 36.5 Å². The average Bonchev–Trinajstić information content (AvgIpc) is 3.27. The summed E-state index contributed by atoms with van der Waals surface area (Å²) < 4.78 is 13.6. The smallest absolute Gasteiger partial charge is 0.253 e. The van der Waals surface area contributed by atoms with Crippen molar-refractivity contribution >= 4 is 17.1 Å².